The Morgan fingerprint density at radius 3 is 2.75 bits per heavy atom. The van der Waals surface area contributed by atoms with Crippen molar-refractivity contribution in [2.45, 2.75) is 6.92 Å². The summed E-state index contributed by atoms with van der Waals surface area (Å²) in [6.45, 7) is 2.09. The van der Waals surface area contributed by atoms with Gasteiger partial charge in [-0.3, -0.25) is 9.78 Å². The third-order valence-corrected chi connectivity index (χ3v) is 3.41. The van der Waals surface area contributed by atoms with Gasteiger partial charge in [0.15, 0.2) is 0 Å². The lowest BCUT2D eigenvalue weighted by Gasteiger charge is -2.06. The molecule has 3 nitrogen and oxygen atoms in total. The summed E-state index contributed by atoms with van der Waals surface area (Å²) < 4.78 is 2.04. The molecule has 0 aliphatic rings. The Hall–Kier alpha value is -2.68. The van der Waals surface area contributed by atoms with E-state index in [0.29, 0.717) is 0 Å². The minimum Gasteiger partial charge on any atom is -0.316 e. The number of fused-ring (bicyclic) bond motifs is 1. The third-order valence-electron chi connectivity index (χ3n) is 3.41. The van der Waals surface area contributed by atoms with Crippen molar-refractivity contribution in [3.63, 3.8) is 0 Å². The molecule has 0 saturated carbocycles. The van der Waals surface area contributed by atoms with E-state index >= 15 is 0 Å². The van der Waals surface area contributed by atoms with Gasteiger partial charge in [-0.15, -0.1) is 0 Å². The molecule has 0 bridgehead atoms. The van der Waals surface area contributed by atoms with E-state index in [4.69, 9.17) is 0 Å². The second-order valence-electron chi connectivity index (χ2n) is 4.58. The second-order valence-corrected chi connectivity index (χ2v) is 4.58. The maximum absolute atomic E-state index is 10.7. The monoisotopic (exact) mass is 262 g/mol. The molecular formula is C17H14N2O. The fourth-order valence-electron chi connectivity index (χ4n) is 2.56. The van der Waals surface area contributed by atoms with Crippen LogP contribution in [0.5, 0.6) is 0 Å². The minimum atomic E-state index is 0.789. The van der Waals surface area contributed by atoms with E-state index in [1.54, 1.807) is 12.4 Å². The maximum atomic E-state index is 10.7. The molecule has 3 aromatic rings. The lowest BCUT2D eigenvalue weighted by Crippen LogP contribution is -1.92. The molecule has 98 valence electrons. The van der Waals surface area contributed by atoms with Crippen LogP contribution in [-0.4, -0.2) is 15.8 Å². The summed E-state index contributed by atoms with van der Waals surface area (Å²) in [5.74, 6) is 0. The van der Waals surface area contributed by atoms with Gasteiger partial charge in [0.2, 0.25) is 0 Å². The standard InChI is InChI=1S/C17H14N2O/c1-13-15-7-2-3-8-16(15)19(10-5-11-20)17(13)14-6-4-9-18-12-14/h2-12H,1H3/b10-5+. The number of aryl methyl sites for hydroxylation is 1. The molecule has 2 heterocycles. The summed E-state index contributed by atoms with van der Waals surface area (Å²) in [6.07, 6.45) is 7.69. The van der Waals surface area contributed by atoms with Crippen LogP contribution in [0, 0.1) is 6.92 Å². The van der Waals surface area contributed by atoms with Crippen LogP contribution in [0.15, 0.2) is 54.9 Å². The predicted molar refractivity (Wildman–Crippen MR) is 81.3 cm³/mol. The Morgan fingerprint density at radius 1 is 1.15 bits per heavy atom. The molecule has 0 aliphatic carbocycles. The van der Waals surface area contributed by atoms with Gasteiger partial charge in [-0.1, -0.05) is 18.2 Å². The third kappa shape index (κ3) is 1.93. The summed E-state index contributed by atoms with van der Waals surface area (Å²) in [4.78, 5) is 14.8. The highest BCUT2D eigenvalue weighted by molar-refractivity contribution is 5.94. The molecule has 0 amide bonds. The van der Waals surface area contributed by atoms with Crippen molar-refractivity contribution in [3.05, 3.63) is 60.4 Å². The smallest absolute Gasteiger partial charge is 0.144 e. The van der Waals surface area contributed by atoms with Crippen LogP contribution < -0.4 is 0 Å². The zero-order chi connectivity index (χ0) is 13.9. The molecule has 0 radical (unpaired) electrons. The molecule has 3 rings (SSSR count). The number of pyridine rings is 1. The zero-order valence-corrected chi connectivity index (χ0v) is 11.2. The van der Waals surface area contributed by atoms with Gasteiger partial charge in [-0.25, -0.2) is 0 Å². The highest BCUT2D eigenvalue weighted by Gasteiger charge is 2.13. The Labute approximate surface area is 117 Å². The molecule has 0 N–H and O–H groups in total. The van der Waals surface area contributed by atoms with E-state index in [9.17, 15) is 4.79 Å². The Balaban J connectivity index is 2.37. The maximum Gasteiger partial charge on any atom is 0.144 e. The summed E-state index contributed by atoms with van der Waals surface area (Å²) in [5.41, 5.74) is 4.38. The molecule has 3 heteroatoms. The first-order valence-corrected chi connectivity index (χ1v) is 6.45. The number of aldehydes is 1. The number of carbonyl (C=O) groups excluding carboxylic acids is 1. The Morgan fingerprint density at radius 2 is 2.00 bits per heavy atom. The van der Waals surface area contributed by atoms with Crippen molar-refractivity contribution in [1.29, 1.82) is 0 Å². The number of para-hydroxylation sites is 1. The lowest BCUT2D eigenvalue weighted by molar-refractivity contribution is -0.104. The largest absolute Gasteiger partial charge is 0.316 e. The summed E-state index contributed by atoms with van der Waals surface area (Å²) in [7, 11) is 0. The molecule has 0 aliphatic heterocycles. The van der Waals surface area contributed by atoms with Gasteiger partial charge in [-0.05, 0) is 36.8 Å². The van der Waals surface area contributed by atoms with Crippen LogP contribution in [-0.2, 0) is 4.79 Å². The first-order valence-electron chi connectivity index (χ1n) is 6.45. The van der Waals surface area contributed by atoms with E-state index in [2.05, 4.69) is 24.0 Å². The summed E-state index contributed by atoms with van der Waals surface area (Å²) in [6, 6.07) is 12.1. The number of rotatable bonds is 3. The van der Waals surface area contributed by atoms with Gasteiger partial charge < -0.3 is 4.57 Å². The minimum absolute atomic E-state index is 0.789. The van der Waals surface area contributed by atoms with E-state index in [0.717, 1.165) is 23.1 Å². The molecule has 1 aromatic carbocycles. The van der Waals surface area contributed by atoms with Gasteiger partial charge in [0.25, 0.3) is 0 Å². The van der Waals surface area contributed by atoms with Crippen molar-refractivity contribution >= 4 is 23.4 Å². The number of nitrogens with zero attached hydrogens (tertiary/aromatic N) is 2. The molecular weight excluding hydrogens is 248 g/mol. The van der Waals surface area contributed by atoms with Crippen molar-refractivity contribution < 1.29 is 4.79 Å². The van der Waals surface area contributed by atoms with Gasteiger partial charge in [0.1, 0.15) is 6.29 Å². The van der Waals surface area contributed by atoms with Gasteiger partial charge in [0, 0.05) is 29.5 Å². The van der Waals surface area contributed by atoms with E-state index in [1.165, 1.54) is 17.0 Å². The molecule has 2 aromatic heterocycles. The van der Waals surface area contributed by atoms with Crippen LogP contribution in [0.3, 0.4) is 0 Å². The first kappa shape index (κ1) is 12.4. The van der Waals surface area contributed by atoms with Crippen molar-refractivity contribution in [3.8, 4) is 11.3 Å². The molecule has 0 atom stereocenters. The highest BCUT2D eigenvalue weighted by atomic mass is 16.1. The van der Waals surface area contributed by atoms with E-state index in [1.807, 2.05) is 35.0 Å². The number of carbonyl (C=O) groups is 1. The number of hydrogen-bond donors (Lipinski definition) is 0. The van der Waals surface area contributed by atoms with Gasteiger partial charge in [-0.2, -0.15) is 0 Å². The normalized spacial score (nSPS) is 11.2. The fourth-order valence-corrected chi connectivity index (χ4v) is 2.56. The van der Waals surface area contributed by atoms with Gasteiger partial charge >= 0.3 is 0 Å². The zero-order valence-electron chi connectivity index (χ0n) is 11.2. The average molecular weight is 262 g/mol. The number of hydrogen-bond acceptors (Lipinski definition) is 2. The summed E-state index contributed by atoms with van der Waals surface area (Å²) in [5, 5.41) is 1.18. The van der Waals surface area contributed by atoms with Crippen LogP contribution in [0.2, 0.25) is 0 Å². The van der Waals surface area contributed by atoms with Crippen molar-refractivity contribution in [2.75, 3.05) is 0 Å². The molecule has 20 heavy (non-hydrogen) atoms. The van der Waals surface area contributed by atoms with E-state index in [-0.39, 0.29) is 0 Å². The highest BCUT2D eigenvalue weighted by Crippen LogP contribution is 2.32. The topological polar surface area (TPSA) is 34.9 Å². The average Bonchev–Trinajstić information content (AvgIpc) is 2.79. The van der Waals surface area contributed by atoms with Crippen LogP contribution in [0.1, 0.15) is 5.56 Å². The van der Waals surface area contributed by atoms with Crippen LogP contribution in [0.4, 0.5) is 0 Å². The first-order chi connectivity index (χ1) is 9.83. The molecule has 0 fully saturated rings. The SMILES string of the molecule is Cc1c(-c2cccnc2)n(/C=C/C=O)c2ccccc12. The van der Waals surface area contributed by atoms with Crippen molar-refractivity contribution in [1.82, 2.24) is 9.55 Å². The molecule has 0 spiro atoms. The Bertz CT molecular complexity index is 785. The molecule has 0 saturated heterocycles. The number of allylic oxidation sites excluding steroid dienone is 1. The Kier molecular flexibility index (Phi) is 3.17. The van der Waals surface area contributed by atoms with Gasteiger partial charge in [0.05, 0.1) is 11.2 Å². The quantitative estimate of drug-likeness (QED) is 0.533. The number of aromatic nitrogens is 2. The van der Waals surface area contributed by atoms with Crippen molar-refractivity contribution in [2.24, 2.45) is 0 Å². The van der Waals surface area contributed by atoms with Crippen LogP contribution in [0.25, 0.3) is 28.4 Å². The van der Waals surface area contributed by atoms with Crippen LogP contribution >= 0.6 is 0 Å². The summed E-state index contributed by atoms with van der Waals surface area (Å²) >= 11 is 0. The predicted octanol–water partition coefficient (Wildman–Crippen LogP) is 3.68. The lowest BCUT2D eigenvalue weighted by atomic mass is 10.1. The second kappa shape index (κ2) is 5.13. The fraction of sp³-hybridized carbons (Fsp3) is 0.0588. The van der Waals surface area contributed by atoms with E-state index < -0.39 is 0 Å². The number of benzene rings is 1. The molecule has 0 unspecified atom stereocenters.